The van der Waals surface area contributed by atoms with Crippen molar-refractivity contribution in [2.75, 3.05) is 0 Å². The number of amides is 1. The smallest absolute Gasteiger partial charge is 0.220 e. The zero-order chi connectivity index (χ0) is 9.26. The highest BCUT2D eigenvalue weighted by Gasteiger charge is 2.31. The summed E-state index contributed by atoms with van der Waals surface area (Å²) in [5, 5.41) is 2.98. The summed E-state index contributed by atoms with van der Waals surface area (Å²) in [6, 6.07) is 0.347. The Morgan fingerprint density at radius 1 is 1.15 bits per heavy atom. The molecule has 0 aromatic heterocycles. The first-order valence-electron chi connectivity index (χ1n) is 5.19. The normalized spacial score (nSPS) is 40.4. The summed E-state index contributed by atoms with van der Waals surface area (Å²) >= 11 is 0. The summed E-state index contributed by atoms with van der Waals surface area (Å²) in [6.45, 7) is 0. The summed E-state index contributed by atoms with van der Waals surface area (Å²) < 4.78 is 12.8. The van der Waals surface area contributed by atoms with Gasteiger partial charge in [-0.2, -0.15) is 0 Å². The molecule has 1 N–H and O–H groups in total. The summed E-state index contributed by atoms with van der Waals surface area (Å²) in [7, 11) is 0. The fourth-order valence-corrected chi connectivity index (χ4v) is 2.47. The van der Waals surface area contributed by atoms with E-state index in [4.69, 9.17) is 0 Å². The Bertz CT molecular complexity index is 199. The molecule has 2 rings (SSSR count). The highest BCUT2D eigenvalue weighted by Crippen LogP contribution is 2.31. The van der Waals surface area contributed by atoms with Crippen LogP contribution >= 0.6 is 0 Å². The quantitative estimate of drug-likeness (QED) is 0.663. The second-order valence-electron chi connectivity index (χ2n) is 4.22. The van der Waals surface area contributed by atoms with E-state index >= 15 is 0 Å². The molecule has 1 aliphatic heterocycles. The maximum Gasteiger partial charge on any atom is 0.220 e. The number of hydrogen-bond donors (Lipinski definition) is 1. The Morgan fingerprint density at radius 3 is 2.38 bits per heavy atom. The monoisotopic (exact) mass is 185 g/mol. The van der Waals surface area contributed by atoms with Crippen LogP contribution in [0.5, 0.6) is 0 Å². The SMILES string of the molecule is O=C1CCC(C2CCC(F)CC2)N1. The number of carbonyl (C=O) groups is 1. The van der Waals surface area contributed by atoms with Crippen LogP contribution in [0.25, 0.3) is 0 Å². The van der Waals surface area contributed by atoms with Gasteiger partial charge >= 0.3 is 0 Å². The van der Waals surface area contributed by atoms with Crippen molar-refractivity contribution in [2.45, 2.75) is 50.7 Å². The zero-order valence-electron chi connectivity index (χ0n) is 7.76. The van der Waals surface area contributed by atoms with Crippen LogP contribution in [0.1, 0.15) is 38.5 Å². The highest BCUT2D eigenvalue weighted by molar-refractivity contribution is 5.78. The van der Waals surface area contributed by atoms with E-state index in [1.807, 2.05) is 0 Å². The summed E-state index contributed by atoms with van der Waals surface area (Å²) in [6.07, 6.45) is 4.32. The lowest BCUT2D eigenvalue weighted by Gasteiger charge is -2.28. The van der Waals surface area contributed by atoms with Crippen LogP contribution < -0.4 is 5.32 Å². The second-order valence-corrected chi connectivity index (χ2v) is 4.22. The summed E-state index contributed by atoms with van der Waals surface area (Å²) in [5.41, 5.74) is 0. The van der Waals surface area contributed by atoms with Gasteiger partial charge in [0.1, 0.15) is 6.17 Å². The molecule has 1 saturated heterocycles. The van der Waals surface area contributed by atoms with Crippen molar-refractivity contribution in [3.63, 3.8) is 0 Å². The largest absolute Gasteiger partial charge is 0.353 e. The van der Waals surface area contributed by atoms with Gasteiger partial charge in [0.15, 0.2) is 0 Å². The van der Waals surface area contributed by atoms with Crippen LogP contribution in [0, 0.1) is 5.92 Å². The lowest BCUT2D eigenvalue weighted by Crippen LogP contribution is -2.35. The first kappa shape index (κ1) is 8.97. The third kappa shape index (κ3) is 2.01. The number of alkyl halides is 1. The predicted molar refractivity (Wildman–Crippen MR) is 48.0 cm³/mol. The average Bonchev–Trinajstić information content (AvgIpc) is 2.53. The van der Waals surface area contributed by atoms with E-state index < -0.39 is 6.17 Å². The van der Waals surface area contributed by atoms with E-state index in [9.17, 15) is 9.18 Å². The van der Waals surface area contributed by atoms with Gasteiger partial charge in [0.2, 0.25) is 5.91 Å². The molecule has 0 aromatic carbocycles. The van der Waals surface area contributed by atoms with Crippen molar-refractivity contribution >= 4 is 5.91 Å². The lowest BCUT2D eigenvalue weighted by atomic mass is 9.82. The van der Waals surface area contributed by atoms with Gasteiger partial charge in [0, 0.05) is 12.5 Å². The number of rotatable bonds is 1. The third-order valence-corrected chi connectivity index (χ3v) is 3.30. The molecule has 3 heteroatoms. The molecule has 1 saturated carbocycles. The van der Waals surface area contributed by atoms with Crippen LogP contribution in [0.4, 0.5) is 4.39 Å². The molecule has 74 valence electrons. The van der Waals surface area contributed by atoms with Crippen LogP contribution in [-0.2, 0) is 4.79 Å². The molecule has 2 fully saturated rings. The minimum Gasteiger partial charge on any atom is -0.353 e. The minimum atomic E-state index is -0.589. The molecule has 1 heterocycles. The van der Waals surface area contributed by atoms with E-state index in [1.54, 1.807) is 0 Å². The fraction of sp³-hybridized carbons (Fsp3) is 0.900. The molecule has 0 radical (unpaired) electrons. The van der Waals surface area contributed by atoms with Gasteiger partial charge in [0.25, 0.3) is 0 Å². The summed E-state index contributed by atoms with van der Waals surface area (Å²) in [5.74, 6) is 0.714. The van der Waals surface area contributed by atoms with Gasteiger partial charge < -0.3 is 5.32 Å². The van der Waals surface area contributed by atoms with Gasteiger partial charge in [-0.3, -0.25) is 4.79 Å². The van der Waals surface area contributed by atoms with Gasteiger partial charge in [-0.15, -0.1) is 0 Å². The number of nitrogens with one attached hydrogen (secondary N) is 1. The highest BCUT2D eigenvalue weighted by atomic mass is 19.1. The maximum absolute atomic E-state index is 12.8. The van der Waals surface area contributed by atoms with Crippen molar-refractivity contribution in [3.05, 3.63) is 0 Å². The minimum absolute atomic E-state index is 0.173. The molecule has 1 unspecified atom stereocenters. The van der Waals surface area contributed by atoms with E-state index in [0.29, 0.717) is 31.2 Å². The zero-order valence-corrected chi connectivity index (χ0v) is 7.76. The van der Waals surface area contributed by atoms with E-state index in [-0.39, 0.29) is 5.91 Å². The van der Waals surface area contributed by atoms with Crippen molar-refractivity contribution in [3.8, 4) is 0 Å². The Labute approximate surface area is 77.9 Å². The average molecular weight is 185 g/mol. The summed E-state index contributed by atoms with van der Waals surface area (Å²) in [4.78, 5) is 11.0. The van der Waals surface area contributed by atoms with Crippen molar-refractivity contribution in [1.29, 1.82) is 0 Å². The van der Waals surface area contributed by atoms with Crippen LogP contribution in [0.15, 0.2) is 0 Å². The van der Waals surface area contributed by atoms with Crippen LogP contribution in [-0.4, -0.2) is 18.1 Å². The van der Waals surface area contributed by atoms with Crippen molar-refractivity contribution in [1.82, 2.24) is 5.32 Å². The van der Waals surface area contributed by atoms with Gasteiger partial charge in [0.05, 0.1) is 0 Å². The first-order chi connectivity index (χ1) is 6.25. The van der Waals surface area contributed by atoms with E-state index in [1.165, 1.54) is 0 Å². The molecular formula is C10H16FNO. The molecule has 0 spiro atoms. The Kier molecular flexibility index (Phi) is 2.51. The van der Waals surface area contributed by atoms with Gasteiger partial charge in [-0.1, -0.05) is 0 Å². The molecule has 1 amide bonds. The van der Waals surface area contributed by atoms with E-state index in [0.717, 1.165) is 19.3 Å². The lowest BCUT2D eigenvalue weighted by molar-refractivity contribution is -0.119. The van der Waals surface area contributed by atoms with Crippen molar-refractivity contribution < 1.29 is 9.18 Å². The standard InChI is InChI=1S/C10H16FNO/c11-8-3-1-7(2-4-8)9-5-6-10(13)12-9/h7-9H,1-6H2,(H,12,13). The molecule has 13 heavy (non-hydrogen) atoms. The molecular weight excluding hydrogens is 169 g/mol. The topological polar surface area (TPSA) is 29.1 Å². The number of halogens is 1. The van der Waals surface area contributed by atoms with Gasteiger partial charge in [-0.05, 0) is 38.0 Å². The fourth-order valence-electron chi connectivity index (χ4n) is 2.47. The molecule has 2 nitrogen and oxygen atoms in total. The molecule has 0 bridgehead atoms. The van der Waals surface area contributed by atoms with E-state index in [2.05, 4.69) is 5.32 Å². The number of hydrogen-bond acceptors (Lipinski definition) is 1. The molecule has 1 aliphatic carbocycles. The Hall–Kier alpha value is -0.600. The van der Waals surface area contributed by atoms with Crippen molar-refractivity contribution in [2.24, 2.45) is 5.92 Å². The predicted octanol–water partition coefficient (Wildman–Crippen LogP) is 1.79. The Morgan fingerprint density at radius 2 is 1.85 bits per heavy atom. The molecule has 2 aliphatic rings. The molecule has 1 atom stereocenters. The first-order valence-corrected chi connectivity index (χ1v) is 5.19. The molecule has 0 aromatic rings. The van der Waals surface area contributed by atoms with Crippen LogP contribution in [0.3, 0.4) is 0 Å². The van der Waals surface area contributed by atoms with Crippen LogP contribution in [0.2, 0.25) is 0 Å². The van der Waals surface area contributed by atoms with Gasteiger partial charge in [-0.25, -0.2) is 4.39 Å². The number of carbonyl (C=O) groups excluding carboxylic acids is 1. The maximum atomic E-state index is 12.8. The third-order valence-electron chi connectivity index (χ3n) is 3.30. The second kappa shape index (κ2) is 3.64. The Balaban J connectivity index is 1.84.